The second-order valence-corrected chi connectivity index (χ2v) is 4.86. The van der Waals surface area contributed by atoms with Crippen molar-refractivity contribution < 1.29 is 5.11 Å². The molecule has 0 amide bonds. The third kappa shape index (κ3) is 2.90. The van der Waals surface area contributed by atoms with Crippen molar-refractivity contribution in [3.05, 3.63) is 36.3 Å². The van der Waals surface area contributed by atoms with E-state index in [1.807, 2.05) is 12.3 Å². The van der Waals surface area contributed by atoms with Gasteiger partial charge in [0, 0.05) is 43.0 Å². The molecule has 2 aromatic rings. The molecule has 100 valence electrons. The highest BCUT2D eigenvalue weighted by molar-refractivity contribution is 5.36. The number of aliphatic hydroxyl groups excluding tert-OH is 1. The van der Waals surface area contributed by atoms with Crippen molar-refractivity contribution in [3.8, 4) is 0 Å². The van der Waals surface area contributed by atoms with E-state index in [-0.39, 0.29) is 6.10 Å². The third-order valence-corrected chi connectivity index (χ3v) is 3.44. The number of aromatic nitrogens is 4. The van der Waals surface area contributed by atoms with Gasteiger partial charge < -0.3 is 15.4 Å². The Labute approximate surface area is 111 Å². The van der Waals surface area contributed by atoms with Crippen molar-refractivity contribution in [1.82, 2.24) is 19.9 Å². The van der Waals surface area contributed by atoms with E-state index in [2.05, 4.69) is 25.3 Å². The minimum absolute atomic E-state index is 0.157. The maximum Gasteiger partial charge on any atom is 0.129 e. The van der Waals surface area contributed by atoms with Crippen LogP contribution in [0.15, 0.2) is 24.8 Å². The first-order chi connectivity index (χ1) is 9.31. The van der Waals surface area contributed by atoms with Crippen LogP contribution in [0.4, 0.5) is 5.82 Å². The lowest BCUT2D eigenvalue weighted by atomic mass is 9.80. The zero-order valence-electron chi connectivity index (χ0n) is 10.6. The van der Waals surface area contributed by atoms with Crippen LogP contribution in [0.1, 0.15) is 30.3 Å². The summed E-state index contributed by atoms with van der Waals surface area (Å²) in [4.78, 5) is 15.7. The molecule has 1 aliphatic rings. The monoisotopic (exact) mass is 259 g/mol. The molecule has 6 nitrogen and oxygen atoms in total. The van der Waals surface area contributed by atoms with Crippen LogP contribution < -0.4 is 5.32 Å². The van der Waals surface area contributed by atoms with Crippen molar-refractivity contribution in [2.45, 2.75) is 31.3 Å². The van der Waals surface area contributed by atoms with Gasteiger partial charge in [-0.2, -0.15) is 0 Å². The van der Waals surface area contributed by atoms with Crippen molar-refractivity contribution >= 4 is 5.82 Å². The molecule has 0 aliphatic heterocycles. The van der Waals surface area contributed by atoms with Crippen LogP contribution in [0.2, 0.25) is 0 Å². The Balaban J connectivity index is 1.54. The molecule has 0 atom stereocenters. The van der Waals surface area contributed by atoms with Gasteiger partial charge in [-0.1, -0.05) is 0 Å². The molecule has 3 rings (SSSR count). The number of nitrogens with zero attached hydrogens (tertiary/aromatic N) is 3. The van der Waals surface area contributed by atoms with Gasteiger partial charge in [-0.15, -0.1) is 0 Å². The van der Waals surface area contributed by atoms with Crippen LogP contribution in [0.25, 0.3) is 0 Å². The molecule has 1 saturated carbocycles. The fourth-order valence-electron chi connectivity index (χ4n) is 2.27. The molecule has 0 spiro atoms. The Morgan fingerprint density at radius 2 is 2.21 bits per heavy atom. The highest BCUT2D eigenvalue weighted by atomic mass is 16.3. The zero-order chi connectivity index (χ0) is 13.1. The topological polar surface area (TPSA) is 86.7 Å². The molecule has 0 unspecified atom stereocenters. The lowest BCUT2D eigenvalue weighted by Crippen LogP contribution is -2.27. The molecule has 6 heteroatoms. The van der Waals surface area contributed by atoms with Gasteiger partial charge in [-0.25, -0.2) is 15.0 Å². The second-order valence-electron chi connectivity index (χ2n) is 4.86. The van der Waals surface area contributed by atoms with Crippen LogP contribution in [-0.2, 0) is 6.42 Å². The zero-order valence-corrected chi connectivity index (χ0v) is 10.6. The van der Waals surface area contributed by atoms with Gasteiger partial charge in [-0.3, -0.25) is 0 Å². The number of aliphatic hydroxyl groups is 1. The summed E-state index contributed by atoms with van der Waals surface area (Å²) >= 11 is 0. The predicted molar refractivity (Wildman–Crippen MR) is 70.8 cm³/mol. The Morgan fingerprint density at radius 3 is 2.95 bits per heavy atom. The van der Waals surface area contributed by atoms with Gasteiger partial charge in [-0.05, 0) is 12.8 Å². The summed E-state index contributed by atoms with van der Waals surface area (Å²) < 4.78 is 0. The average molecular weight is 259 g/mol. The average Bonchev–Trinajstić information content (AvgIpc) is 2.89. The van der Waals surface area contributed by atoms with Gasteiger partial charge >= 0.3 is 0 Å². The maximum atomic E-state index is 9.33. The van der Waals surface area contributed by atoms with E-state index in [9.17, 15) is 5.11 Å². The van der Waals surface area contributed by atoms with Crippen LogP contribution in [-0.4, -0.2) is 37.7 Å². The minimum Gasteiger partial charge on any atom is -0.393 e. The SMILES string of the molecule is OC1CC(c2cc(NCCc3ncc[nH]3)ncn2)C1. The van der Waals surface area contributed by atoms with E-state index < -0.39 is 0 Å². The van der Waals surface area contributed by atoms with Crippen LogP contribution >= 0.6 is 0 Å². The molecule has 0 saturated heterocycles. The summed E-state index contributed by atoms with van der Waals surface area (Å²) in [6, 6.07) is 1.97. The standard InChI is InChI=1S/C13H17N5O/c19-10-5-9(6-10)11-7-13(18-8-17-11)14-2-1-12-15-3-4-16-12/h3-4,7-10,19H,1-2,5-6H2,(H,15,16)(H,14,17,18). The Bertz CT molecular complexity index is 522. The number of anilines is 1. The number of rotatable bonds is 5. The van der Waals surface area contributed by atoms with E-state index in [0.29, 0.717) is 5.92 Å². The normalized spacial score (nSPS) is 21.9. The van der Waals surface area contributed by atoms with Crippen molar-refractivity contribution in [3.63, 3.8) is 0 Å². The number of aromatic amines is 1. The Kier molecular flexibility index (Phi) is 3.41. The first-order valence-corrected chi connectivity index (χ1v) is 6.53. The van der Waals surface area contributed by atoms with E-state index >= 15 is 0 Å². The molecule has 2 aromatic heterocycles. The van der Waals surface area contributed by atoms with Gasteiger partial charge in [0.15, 0.2) is 0 Å². The highest BCUT2D eigenvalue weighted by Gasteiger charge is 2.29. The van der Waals surface area contributed by atoms with Crippen LogP contribution in [0, 0.1) is 0 Å². The van der Waals surface area contributed by atoms with E-state index in [0.717, 1.165) is 43.1 Å². The lowest BCUT2D eigenvalue weighted by molar-refractivity contribution is 0.0732. The summed E-state index contributed by atoms with van der Waals surface area (Å²) in [5, 5.41) is 12.6. The van der Waals surface area contributed by atoms with Gasteiger partial charge in [0.25, 0.3) is 0 Å². The minimum atomic E-state index is -0.157. The molecule has 19 heavy (non-hydrogen) atoms. The Hall–Kier alpha value is -1.95. The fourth-order valence-corrected chi connectivity index (χ4v) is 2.27. The molecular formula is C13H17N5O. The molecule has 0 radical (unpaired) electrons. The van der Waals surface area contributed by atoms with Gasteiger partial charge in [0.2, 0.25) is 0 Å². The van der Waals surface area contributed by atoms with Crippen molar-refractivity contribution in [2.24, 2.45) is 0 Å². The summed E-state index contributed by atoms with van der Waals surface area (Å²) in [6.07, 6.45) is 7.44. The first kappa shape index (κ1) is 12.1. The number of hydrogen-bond donors (Lipinski definition) is 3. The largest absolute Gasteiger partial charge is 0.393 e. The lowest BCUT2D eigenvalue weighted by Gasteiger charge is -2.30. The van der Waals surface area contributed by atoms with Crippen molar-refractivity contribution in [1.29, 1.82) is 0 Å². The highest BCUT2D eigenvalue weighted by Crippen LogP contribution is 2.35. The number of H-pyrrole nitrogens is 1. The van der Waals surface area contributed by atoms with E-state index in [1.165, 1.54) is 0 Å². The van der Waals surface area contributed by atoms with Gasteiger partial charge in [0.1, 0.15) is 18.0 Å². The number of nitrogens with one attached hydrogen (secondary N) is 2. The summed E-state index contributed by atoms with van der Waals surface area (Å²) in [5.74, 6) is 2.17. The molecule has 1 fully saturated rings. The van der Waals surface area contributed by atoms with E-state index in [1.54, 1.807) is 12.5 Å². The summed E-state index contributed by atoms with van der Waals surface area (Å²) in [7, 11) is 0. The number of imidazole rings is 1. The molecule has 3 N–H and O–H groups in total. The Morgan fingerprint density at radius 1 is 1.32 bits per heavy atom. The predicted octanol–water partition coefficient (Wildman–Crippen LogP) is 1.09. The maximum absolute atomic E-state index is 9.33. The first-order valence-electron chi connectivity index (χ1n) is 6.53. The quantitative estimate of drug-likeness (QED) is 0.748. The molecule has 1 aliphatic carbocycles. The van der Waals surface area contributed by atoms with Crippen molar-refractivity contribution in [2.75, 3.05) is 11.9 Å². The fraction of sp³-hybridized carbons (Fsp3) is 0.462. The smallest absolute Gasteiger partial charge is 0.129 e. The molecule has 0 bridgehead atoms. The van der Waals surface area contributed by atoms with Gasteiger partial charge in [0.05, 0.1) is 6.10 Å². The van der Waals surface area contributed by atoms with E-state index in [4.69, 9.17) is 0 Å². The molecule has 2 heterocycles. The second kappa shape index (κ2) is 5.36. The van der Waals surface area contributed by atoms with Crippen LogP contribution in [0.3, 0.4) is 0 Å². The van der Waals surface area contributed by atoms with Crippen LogP contribution in [0.5, 0.6) is 0 Å². The summed E-state index contributed by atoms with van der Waals surface area (Å²) in [6.45, 7) is 0.775. The molecular weight excluding hydrogens is 242 g/mol. The summed E-state index contributed by atoms with van der Waals surface area (Å²) in [5.41, 5.74) is 1.01. The molecule has 0 aromatic carbocycles. The third-order valence-electron chi connectivity index (χ3n) is 3.44. The number of hydrogen-bond acceptors (Lipinski definition) is 5.